The zero-order valence-electron chi connectivity index (χ0n) is 11.7. The minimum absolute atomic E-state index is 0.0129. The number of para-hydroxylation sites is 2. The van der Waals surface area contributed by atoms with Gasteiger partial charge in [0, 0.05) is 6.04 Å². The summed E-state index contributed by atoms with van der Waals surface area (Å²) in [5.41, 5.74) is 0.964. The molecule has 3 rings (SSSR count). The average molecular weight is 274 g/mol. The molecule has 1 aliphatic heterocycles. The molecule has 20 heavy (non-hydrogen) atoms. The molecule has 2 N–H and O–H groups in total. The van der Waals surface area contributed by atoms with Crippen molar-refractivity contribution in [1.82, 2.24) is 5.32 Å². The summed E-state index contributed by atoms with van der Waals surface area (Å²) in [5.74, 6) is 0.777. The highest BCUT2D eigenvalue weighted by Crippen LogP contribution is 2.28. The third kappa shape index (κ3) is 3.06. The molecule has 4 heteroatoms. The van der Waals surface area contributed by atoms with Crippen LogP contribution in [-0.2, 0) is 4.79 Å². The van der Waals surface area contributed by atoms with Crippen LogP contribution in [0.3, 0.4) is 0 Å². The normalized spacial score (nSPS) is 22.9. The van der Waals surface area contributed by atoms with Crippen molar-refractivity contribution in [2.45, 2.75) is 50.7 Å². The van der Waals surface area contributed by atoms with Crippen LogP contribution in [0.25, 0.3) is 0 Å². The summed E-state index contributed by atoms with van der Waals surface area (Å²) in [6.45, 7) is 0.537. The van der Waals surface area contributed by atoms with E-state index in [0.717, 1.165) is 24.3 Å². The quantitative estimate of drug-likeness (QED) is 0.815. The van der Waals surface area contributed by atoms with Crippen LogP contribution in [-0.4, -0.2) is 24.6 Å². The Morgan fingerprint density at radius 3 is 2.70 bits per heavy atom. The molecule has 1 atom stereocenters. The number of ether oxygens (including phenoxy) is 1. The molecule has 1 heterocycles. The lowest BCUT2D eigenvalue weighted by atomic mass is 10.1. The summed E-state index contributed by atoms with van der Waals surface area (Å²) in [6, 6.07) is 8.07. The van der Waals surface area contributed by atoms with Crippen LogP contribution in [0.4, 0.5) is 5.69 Å². The van der Waals surface area contributed by atoms with Gasteiger partial charge >= 0.3 is 0 Å². The molecule has 0 bridgehead atoms. The van der Waals surface area contributed by atoms with Gasteiger partial charge in [-0.2, -0.15) is 0 Å². The number of benzene rings is 1. The van der Waals surface area contributed by atoms with Gasteiger partial charge in [0.15, 0.2) is 6.10 Å². The Bertz CT molecular complexity index is 467. The molecule has 1 aromatic rings. The number of hydrogen-bond acceptors (Lipinski definition) is 3. The zero-order chi connectivity index (χ0) is 13.8. The van der Waals surface area contributed by atoms with Crippen molar-refractivity contribution < 1.29 is 9.53 Å². The van der Waals surface area contributed by atoms with Gasteiger partial charge in [0.25, 0.3) is 5.91 Å². The summed E-state index contributed by atoms with van der Waals surface area (Å²) in [5, 5.41) is 6.41. The molecule has 1 fully saturated rings. The minimum Gasteiger partial charge on any atom is -0.477 e. The Balaban J connectivity index is 1.58. The Morgan fingerprint density at radius 2 is 1.90 bits per heavy atom. The lowest BCUT2D eigenvalue weighted by Crippen LogP contribution is -2.48. The molecule has 1 unspecified atom stereocenters. The number of carbonyl (C=O) groups is 1. The summed E-state index contributed by atoms with van der Waals surface area (Å²) in [6.07, 6.45) is 6.80. The maximum absolute atomic E-state index is 12.3. The van der Waals surface area contributed by atoms with Gasteiger partial charge in [0.2, 0.25) is 0 Å². The van der Waals surface area contributed by atoms with Gasteiger partial charge in [-0.25, -0.2) is 0 Å². The molecule has 0 aromatic heterocycles. The number of carbonyl (C=O) groups excluding carboxylic acids is 1. The van der Waals surface area contributed by atoms with Crippen LogP contribution < -0.4 is 15.4 Å². The van der Waals surface area contributed by atoms with E-state index in [1.54, 1.807) is 0 Å². The summed E-state index contributed by atoms with van der Waals surface area (Å²) < 4.78 is 5.79. The minimum atomic E-state index is -0.423. The van der Waals surface area contributed by atoms with E-state index < -0.39 is 6.10 Å². The third-order valence-electron chi connectivity index (χ3n) is 4.13. The summed E-state index contributed by atoms with van der Waals surface area (Å²) in [7, 11) is 0. The topological polar surface area (TPSA) is 50.4 Å². The second-order valence-corrected chi connectivity index (χ2v) is 5.68. The number of fused-ring (bicyclic) bond motifs is 1. The van der Waals surface area contributed by atoms with Gasteiger partial charge in [0.05, 0.1) is 12.2 Å². The first-order chi connectivity index (χ1) is 9.83. The van der Waals surface area contributed by atoms with Crippen LogP contribution in [0.1, 0.15) is 38.5 Å². The lowest BCUT2D eigenvalue weighted by molar-refractivity contribution is -0.128. The van der Waals surface area contributed by atoms with Crippen LogP contribution in [0.15, 0.2) is 24.3 Å². The number of anilines is 1. The van der Waals surface area contributed by atoms with E-state index >= 15 is 0 Å². The fourth-order valence-electron chi connectivity index (χ4n) is 2.98. The summed E-state index contributed by atoms with van der Waals surface area (Å²) in [4.78, 5) is 12.3. The molecule has 108 valence electrons. The molecular formula is C16H22N2O2. The lowest BCUT2D eigenvalue weighted by Gasteiger charge is -2.28. The zero-order valence-corrected chi connectivity index (χ0v) is 11.7. The van der Waals surface area contributed by atoms with E-state index in [4.69, 9.17) is 4.74 Å². The van der Waals surface area contributed by atoms with Gasteiger partial charge in [-0.15, -0.1) is 0 Å². The predicted molar refractivity (Wildman–Crippen MR) is 79.0 cm³/mol. The Hall–Kier alpha value is -1.71. The van der Waals surface area contributed by atoms with Gasteiger partial charge in [-0.1, -0.05) is 37.8 Å². The van der Waals surface area contributed by atoms with Gasteiger partial charge in [-0.05, 0) is 25.0 Å². The first-order valence-electron chi connectivity index (χ1n) is 7.63. The standard InChI is InChI=1S/C16H22N2O2/c19-16(18-12-7-3-1-2-4-8-12)15-11-17-13-9-5-6-10-14(13)20-15/h5-6,9-10,12,15,17H,1-4,7-8,11H2,(H,18,19). The van der Waals surface area contributed by atoms with Crippen LogP contribution in [0.2, 0.25) is 0 Å². The predicted octanol–water partition coefficient (Wildman–Crippen LogP) is 2.70. The van der Waals surface area contributed by atoms with Crippen molar-refractivity contribution in [3.63, 3.8) is 0 Å². The molecule has 0 radical (unpaired) electrons. The van der Waals surface area contributed by atoms with Crippen molar-refractivity contribution in [1.29, 1.82) is 0 Å². The molecule has 1 aliphatic carbocycles. The van der Waals surface area contributed by atoms with Crippen LogP contribution >= 0.6 is 0 Å². The maximum atomic E-state index is 12.3. The molecule has 2 aliphatic rings. The first-order valence-corrected chi connectivity index (χ1v) is 7.63. The number of nitrogens with one attached hydrogen (secondary N) is 2. The van der Waals surface area contributed by atoms with E-state index in [1.165, 1.54) is 25.7 Å². The Morgan fingerprint density at radius 1 is 1.15 bits per heavy atom. The van der Waals surface area contributed by atoms with Crippen LogP contribution in [0, 0.1) is 0 Å². The number of rotatable bonds is 2. The van der Waals surface area contributed by atoms with Crippen molar-refractivity contribution in [3.05, 3.63) is 24.3 Å². The maximum Gasteiger partial charge on any atom is 0.263 e. The number of hydrogen-bond donors (Lipinski definition) is 2. The monoisotopic (exact) mass is 274 g/mol. The Labute approximate surface area is 119 Å². The van der Waals surface area contributed by atoms with Gasteiger partial charge in [-0.3, -0.25) is 4.79 Å². The van der Waals surface area contributed by atoms with Gasteiger partial charge in [0.1, 0.15) is 5.75 Å². The fourth-order valence-corrected chi connectivity index (χ4v) is 2.98. The fraction of sp³-hybridized carbons (Fsp3) is 0.562. The van der Waals surface area contributed by atoms with Crippen molar-refractivity contribution in [2.75, 3.05) is 11.9 Å². The highest BCUT2D eigenvalue weighted by molar-refractivity contribution is 5.83. The molecule has 4 nitrogen and oxygen atoms in total. The van der Waals surface area contributed by atoms with Crippen molar-refractivity contribution in [2.24, 2.45) is 0 Å². The van der Waals surface area contributed by atoms with Crippen molar-refractivity contribution in [3.8, 4) is 5.75 Å². The van der Waals surface area contributed by atoms with E-state index in [1.807, 2.05) is 24.3 Å². The highest BCUT2D eigenvalue weighted by atomic mass is 16.5. The van der Waals surface area contributed by atoms with Crippen molar-refractivity contribution >= 4 is 11.6 Å². The average Bonchev–Trinajstić information content (AvgIpc) is 2.75. The molecule has 1 amide bonds. The molecular weight excluding hydrogens is 252 g/mol. The first kappa shape index (κ1) is 13.3. The smallest absolute Gasteiger partial charge is 0.263 e. The van der Waals surface area contributed by atoms with Crippen LogP contribution in [0.5, 0.6) is 5.75 Å². The molecule has 1 saturated carbocycles. The van der Waals surface area contributed by atoms with E-state index in [9.17, 15) is 4.79 Å². The molecule has 0 spiro atoms. The Kier molecular flexibility index (Phi) is 4.09. The molecule has 1 aromatic carbocycles. The van der Waals surface area contributed by atoms with E-state index in [0.29, 0.717) is 12.6 Å². The SMILES string of the molecule is O=C(NC1CCCCCC1)C1CNc2ccccc2O1. The second kappa shape index (κ2) is 6.16. The molecule has 0 saturated heterocycles. The van der Waals surface area contributed by atoms with E-state index in [-0.39, 0.29) is 5.91 Å². The second-order valence-electron chi connectivity index (χ2n) is 5.68. The van der Waals surface area contributed by atoms with E-state index in [2.05, 4.69) is 10.6 Å². The number of amides is 1. The highest BCUT2D eigenvalue weighted by Gasteiger charge is 2.27. The summed E-state index contributed by atoms with van der Waals surface area (Å²) >= 11 is 0. The third-order valence-corrected chi connectivity index (χ3v) is 4.13. The van der Waals surface area contributed by atoms with Gasteiger partial charge < -0.3 is 15.4 Å². The largest absolute Gasteiger partial charge is 0.477 e.